The molecule has 0 aliphatic carbocycles. The van der Waals surface area contributed by atoms with E-state index in [-0.39, 0.29) is 12.1 Å². The highest BCUT2D eigenvalue weighted by atomic mass is 16.3. The maximum Gasteiger partial charge on any atom is 0.0612 e. The van der Waals surface area contributed by atoms with Gasteiger partial charge in [-0.2, -0.15) is 0 Å². The van der Waals surface area contributed by atoms with Crippen LogP contribution >= 0.6 is 0 Å². The molecule has 1 saturated heterocycles. The molecule has 0 atom stereocenters. The van der Waals surface area contributed by atoms with E-state index in [1.165, 1.54) is 0 Å². The van der Waals surface area contributed by atoms with Gasteiger partial charge < -0.3 is 15.7 Å². The predicted molar refractivity (Wildman–Crippen MR) is 40.7 cm³/mol. The quantitative estimate of drug-likeness (QED) is 0.517. The number of hydrogen-bond acceptors (Lipinski definition) is 3. The van der Waals surface area contributed by atoms with E-state index in [4.69, 9.17) is 10.8 Å². The van der Waals surface area contributed by atoms with E-state index in [1.807, 2.05) is 0 Å². The zero-order chi connectivity index (χ0) is 7.61. The lowest BCUT2D eigenvalue weighted by atomic mass is 9.90. The Morgan fingerprint density at radius 1 is 1.50 bits per heavy atom. The fourth-order valence-corrected chi connectivity index (χ4v) is 1.22. The van der Waals surface area contributed by atoms with Gasteiger partial charge in [-0.25, -0.2) is 0 Å². The highest BCUT2D eigenvalue weighted by Crippen LogP contribution is 2.17. The van der Waals surface area contributed by atoms with E-state index in [1.54, 1.807) is 0 Å². The summed E-state index contributed by atoms with van der Waals surface area (Å²) < 4.78 is 0. The van der Waals surface area contributed by atoms with Gasteiger partial charge in [0, 0.05) is 5.54 Å². The van der Waals surface area contributed by atoms with Crippen molar-refractivity contribution >= 4 is 0 Å². The van der Waals surface area contributed by atoms with E-state index in [2.05, 4.69) is 11.9 Å². The molecule has 0 amide bonds. The van der Waals surface area contributed by atoms with Crippen molar-refractivity contribution in [3.05, 3.63) is 0 Å². The first-order valence-corrected chi connectivity index (χ1v) is 3.75. The summed E-state index contributed by atoms with van der Waals surface area (Å²) in [5.74, 6) is 0. The summed E-state index contributed by atoms with van der Waals surface area (Å²) in [4.78, 5) is 2.24. The first-order chi connectivity index (χ1) is 4.66. The standard InChI is InChI=1S/C7H16N2O/c1-9-4-2-7(8,6-10)3-5-9/h10H,2-6,8H2,1H3. The van der Waals surface area contributed by atoms with E-state index in [9.17, 15) is 0 Å². The zero-order valence-electron chi connectivity index (χ0n) is 6.51. The number of nitrogens with zero attached hydrogens (tertiary/aromatic N) is 1. The molecule has 3 heteroatoms. The van der Waals surface area contributed by atoms with Gasteiger partial charge in [0.15, 0.2) is 0 Å². The van der Waals surface area contributed by atoms with Crippen molar-refractivity contribution in [1.82, 2.24) is 4.90 Å². The second-order valence-corrected chi connectivity index (χ2v) is 3.32. The highest BCUT2D eigenvalue weighted by Gasteiger charge is 2.28. The maximum atomic E-state index is 8.89. The van der Waals surface area contributed by atoms with E-state index in [0.29, 0.717) is 0 Å². The van der Waals surface area contributed by atoms with Crippen molar-refractivity contribution in [2.45, 2.75) is 18.4 Å². The van der Waals surface area contributed by atoms with Crippen LogP contribution in [-0.2, 0) is 0 Å². The maximum absolute atomic E-state index is 8.89. The summed E-state index contributed by atoms with van der Waals surface area (Å²) in [6, 6.07) is 0. The second kappa shape index (κ2) is 2.86. The first-order valence-electron chi connectivity index (χ1n) is 3.75. The molecule has 0 bridgehead atoms. The summed E-state index contributed by atoms with van der Waals surface area (Å²) in [6.45, 7) is 2.15. The molecule has 1 aliphatic heterocycles. The lowest BCUT2D eigenvalue weighted by Gasteiger charge is -2.36. The molecule has 1 aliphatic rings. The highest BCUT2D eigenvalue weighted by molar-refractivity contribution is 4.88. The minimum Gasteiger partial charge on any atom is -0.394 e. The van der Waals surface area contributed by atoms with E-state index >= 15 is 0 Å². The van der Waals surface area contributed by atoms with Gasteiger partial charge >= 0.3 is 0 Å². The third-order valence-electron chi connectivity index (χ3n) is 2.30. The molecule has 60 valence electrons. The second-order valence-electron chi connectivity index (χ2n) is 3.32. The average molecular weight is 144 g/mol. The Bertz CT molecular complexity index is 108. The van der Waals surface area contributed by atoms with Gasteiger partial charge in [0.2, 0.25) is 0 Å². The minimum atomic E-state index is -0.285. The minimum absolute atomic E-state index is 0.126. The van der Waals surface area contributed by atoms with Gasteiger partial charge in [0.1, 0.15) is 0 Å². The lowest BCUT2D eigenvalue weighted by molar-refractivity contribution is 0.119. The fourth-order valence-electron chi connectivity index (χ4n) is 1.22. The molecule has 0 saturated carbocycles. The number of likely N-dealkylation sites (tertiary alicyclic amines) is 1. The largest absolute Gasteiger partial charge is 0.394 e. The van der Waals surface area contributed by atoms with Crippen LogP contribution in [0, 0.1) is 0 Å². The molecule has 0 radical (unpaired) electrons. The van der Waals surface area contributed by atoms with Gasteiger partial charge in [-0.1, -0.05) is 0 Å². The summed E-state index contributed by atoms with van der Waals surface area (Å²) in [7, 11) is 2.08. The van der Waals surface area contributed by atoms with Crippen LogP contribution in [0.2, 0.25) is 0 Å². The van der Waals surface area contributed by atoms with Crippen LogP contribution in [-0.4, -0.2) is 42.3 Å². The van der Waals surface area contributed by atoms with Gasteiger partial charge in [0.05, 0.1) is 6.61 Å². The van der Waals surface area contributed by atoms with Crippen LogP contribution in [0.1, 0.15) is 12.8 Å². The van der Waals surface area contributed by atoms with Crippen molar-refractivity contribution in [3.63, 3.8) is 0 Å². The van der Waals surface area contributed by atoms with Crippen LogP contribution < -0.4 is 5.73 Å². The molecular formula is C7H16N2O. The normalized spacial score (nSPS) is 26.7. The van der Waals surface area contributed by atoms with Crippen molar-refractivity contribution in [2.75, 3.05) is 26.7 Å². The van der Waals surface area contributed by atoms with Crippen LogP contribution in [0.5, 0.6) is 0 Å². The van der Waals surface area contributed by atoms with Gasteiger partial charge in [-0.15, -0.1) is 0 Å². The predicted octanol–water partition coefficient (Wildman–Crippen LogP) is -0.598. The molecule has 10 heavy (non-hydrogen) atoms. The molecule has 0 unspecified atom stereocenters. The topological polar surface area (TPSA) is 49.5 Å². The van der Waals surface area contributed by atoms with Crippen LogP contribution in [0.4, 0.5) is 0 Å². The van der Waals surface area contributed by atoms with E-state index in [0.717, 1.165) is 25.9 Å². The molecule has 0 aromatic heterocycles. The first kappa shape index (κ1) is 7.98. The van der Waals surface area contributed by atoms with Crippen molar-refractivity contribution in [1.29, 1.82) is 0 Å². The Balaban J connectivity index is 2.38. The lowest BCUT2D eigenvalue weighted by Crippen LogP contribution is -2.51. The monoisotopic (exact) mass is 144 g/mol. The molecular weight excluding hydrogens is 128 g/mol. The Kier molecular flexibility index (Phi) is 2.28. The molecule has 3 nitrogen and oxygen atoms in total. The summed E-state index contributed by atoms with van der Waals surface area (Å²) in [6.07, 6.45) is 1.83. The third-order valence-corrected chi connectivity index (χ3v) is 2.30. The molecule has 0 spiro atoms. The van der Waals surface area contributed by atoms with Gasteiger partial charge in [-0.3, -0.25) is 0 Å². The number of nitrogens with two attached hydrogens (primary N) is 1. The number of aliphatic hydroxyl groups is 1. The van der Waals surface area contributed by atoms with Gasteiger partial charge in [0.25, 0.3) is 0 Å². The molecule has 1 heterocycles. The molecule has 1 rings (SSSR count). The summed E-state index contributed by atoms with van der Waals surface area (Å²) in [5, 5.41) is 8.89. The Morgan fingerprint density at radius 3 is 2.40 bits per heavy atom. The smallest absolute Gasteiger partial charge is 0.0612 e. The number of aliphatic hydroxyl groups excluding tert-OH is 1. The number of piperidine rings is 1. The van der Waals surface area contributed by atoms with Crippen molar-refractivity contribution < 1.29 is 5.11 Å². The number of hydrogen-bond donors (Lipinski definition) is 2. The average Bonchev–Trinajstić information content (AvgIpc) is 1.96. The molecule has 3 N–H and O–H groups in total. The molecule has 1 fully saturated rings. The molecule has 0 aromatic carbocycles. The van der Waals surface area contributed by atoms with E-state index < -0.39 is 0 Å². The van der Waals surface area contributed by atoms with Crippen molar-refractivity contribution in [3.8, 4) is 0 Å². The summed E-state index contributed by atoms with van der Waals surface area (Å²) >= 11 is 0. The van der Waals surface area contributed by atoms with Crippen molar-refractivity contribution in [2.24, 2.45) is 5.73 Å². The fraction of sp³-hybridized carbons (Fsp3) is 1.00. The van der Waals surface area contributed by atoms with Gasteiger partial charge in [-0.05, 0) is 33.0 Å². The van der Waals surface area contributed by atoms with Crippen LogP contribution in [0.25, 0.3) is 0 Å². The van der Waals surface area contributed by atoms with Crippen LogP contribution in [0.3, 0.4) is 0 Å². The Hall–Kier alpha value is -0.120. The number of rotatable bonds is 1. The summed E-state index contributed by atoms with van der Waals surface area (Å²) in [5.41, 5.74) is 5.56. The third kappa shape index (κ3) is 1.68. The molecule has 0 aromatic rings. The zero-order valence-corrected chi connectivity index (χ0v) is 6.51. The SMILES string of the molecule is CN1CCC(N)(CO)CC1. The Morgan fingerprint density at radius 2 is 2.00 bits per heavy atom. The van der Waals surface area contributed by atoms with Crippen LogP contribution in [0.15, 0.2) is 0 Å². The Labute approximate surface area is 61.8 Å².